The van der Waals surface area contributed by atoms with Crippen molar-refractivity contribution >= 4 is 46.1 Å². The van der Waals surface area contributed by atoms with Crippen LogP contribution < -0.4 is 10.1 Å². The molecule has 0 spiro atoms. The summed E-state index contributed by atoms with van der Waals surface area (Å²) in [5.74, 6) is -2.13. The fraction of sp³-hybridized carbons (Fsp3) is 0.276. The van der Waals surface area contributed by atoms with E-state index in [1.165, 1.54) is 24.1 Å². The number of amides is 4. The van der Waals surface area contributed by atoms with E-state index in [-0.39, 0.29) is 12.3 Å². The molecule has 1 aliphatic heterocycles. The zero-order chi connectivity index (χ0) is 29.0. The van der Waals surface area contributed by atoms with Crippen molar-refractivity contribution in [1.29, 1.82) is 0 Å². The lowest BCUT2D eigenvalue weighted by Gasteiger charge is -2.30. The summed E-state index contributed by atoms with van der Waals surface area (Å²) in [7, 11) is 1.48. The van der Waals surface area contributed by atoms with Gasteiger partial charge in [0.05, 0.1) is 12.3 Å². The Morgan fingerprint density at radius 1 is 1.10 bits per heavy atom. The first kappa shape index (κ1) is 29.4. The molecule has 3 aromatic carbocycles. The molecule has 11 heteroatoms. The predicted molar refractivity (Wildman–Crippen MR) is 154 cm³/mol. The van der Waals surface area contributed by atoms with Gasteiger partial charge >= 0.3 is 6.03 Å². The molecule has 4 unspecified atom stereocenters. The van der Waals surface area contributed by atoms with Crippen LogP contribution in [0.5, 0.6) is 5.75 Å². The highest BCUT2D eigenvalue weighted by Crippen LogP contribution is 2.36. The van der Waals surface area contributed by atoms with Gasteiger partial charge in [0.1, 0.15) is 36.4 Å². The molecular formula is C29H29FIN3O6. The van der Waals surface area contributed by atoms with Crippen molar-refractivity contribution in [3.8, 4) is 5.75 Å². The topological polar surface area (TPSA) is 119 Å². The highest BCUT2D eigenvalue weighted by atomic mass is 127. The first-order chi connectivity index (χ1) is 19.1. The molecule has 1 saturated heterocycles. The number of benzene rings is 3. The molecule has 0 aromatic heterocycles. The van der Waals surface area contributed by atoms with E-state index in [1.807, 2.05) is 28.7 Å². The van der Waals surface area contributed by atoms with Gasteiger partial charge in [0.15, 0.2) is 0 Å². The van der Waals surface area contributed by atoms with Crippen LogP contribution in [0.15, 0.2) is 72.8 Å². The third-order valence-electron chi connectivity index (χ3n) is 6.75. The summed E-state index contributed by atoms with van der Waals surface area (Å²) in [5, 5.41) is 21.0. The molecule has 9 nitrogen and oxygen atoms in total. The van der Waals surface area contributed by atoms with Gasteiger partial charge in [-0.1, -0.05) is 49.4 Å². The van der Waals surface area contributed by atoms with Crippen molar-refractivity contribution in [3.63, 3.8) is 0 Å². The van der Waals surface area contributed by atoms with Crippen molar-refractivity contribution in [1.82, 2.24) is 9.80 Å². The zero-order valence-corrected chi connectivity index (χ0v) is 24.0. The number of rotatable bonds is 10. The van der Waals surface area contributed by atoms with Crippen LogP contribution in [0.3, 0.4) is 0 Å². The largest absolute Gasteiger partial charge is 0.491 e. The molecule has 1 fully saturated rings. The van der Waals surface area contributed by atoms with E-state index in [4.69, 9.17) is 9.84 Å². The summed E-state index contributed by atoms with van der Waals surface area (Å²) < 4.78 is 20.7. The molecule has 210 valence electrons. The van der Waals surface area contributed by atoms with Gasteiger partial charge in [-0.3, -0.25) is 9.59 Å². The molecule has 4 rings (SSSR count). The first-order valence-electron chi connectivity index (χ1n) is 12.5. The minimum atomic E-state index is -1.27. The number of aliphatic hydroxyl groups excluding tert-OH is 2. The molecule has 0 saturated carbocycles. The third-order valence-corrected chi connectivity index (χ3v) is 7.42. The van der Waals surface area contributed by atoms with Gasteiger partial charge in [-0.25, -0.2) is 14.1 Å². The number of ether oxygens (including phenoxy) is 1. The highest BCUT2D eigenvalue weighted by molar-refractivity contribution is 14.1. The van der Waals surface area contributed by atoms with E-state index >= 15 is 0 Å². The number of carbonyl (C=O) groups is 3. The van der Waals surface area contributed by atoms with E-state index in [0.29, 0.717) is 14.9 Å². The Labute approximate surface area is 244 Å². The highest BCUT2D eigenvalue weighted by Gasteiger charge is 2.50. The molecule has 0 aliphatic carbocycles. The molecule has 4 atom stereocenters. The van der Waals surface area contributed by atoms with Gasteiger partial charge in [0, 0.05) is 16.5 Å². The zero-order valence-electron chi connectivity index (χ0n) is 21.8. The summed E-state index contributed by atoms with van der Waals surface area (Å²) in [6.45, 7) is 1.19. The summed E-state index contributed by atoms with van der Waals surface area (Å²) in [6, 6.07) is 16.9. The quantitative estimate of drug-likeness (QED) is 0.224. The van der Waals surface area contributed by atoms with Crippen LogP contribution in [0.1, 0.15) is 30.0 Å². The van der Waals surface area contributed by atoms with Crippen molar-refractivity contribution in [3.05, 3.63) is 93.3 Å². The monoisotopic (exact) mass is 661 g/mol. The van der Waals surface area contributed by atoms with E-state index in [9.17, 15) is 23.9 Å². The van der Waals surface area contributed by atoms with Gasteiger partial charge in [-0.15, -0.1) is 0 Å². The van der Waals surface area contributed by atoms with Crippen LogP contribution in [0.4, 0.5) is 14.9 Å². The molecule has 1 heterocycles. The van der Waals surface area contributed by atoms with Crippen LogP contribution in [0.25, 0.3) is 0 Å². The summed E-state index contributed by atoms with van der Waals surface area (Å²) >= 11 is 1.96. The Kier molecular flexibility index (Phi) is 9.38. The van der Waals surface area contributed by atoms with Gasteiger partial charge < -0.3 is 25.2 Å². The van der Waals surface area contributed by atoms with Gasteiger partial charge in [0.25, 0.3) is 5.91 Å². The Hall–Kier alpha value is -3.55. The number of likely N-dealkylation sites (N-methyl/N-ethyl adjacent to an activating group) is 1. The molecule has 40 heavy (non-hydrogen) atoms. The van der Waals surface area contributed by atoms with Gasteiger partial charge in [-0.05, 0) is 64.0 Å². The third kappa shape index (κ3) is 6.26. The number of halogens is 2. The second-order valence-corrected chi connectivity index (χ2v) is 10.7. The summed E-state index contributed by atoms with van der Waals surface area (Å²) in [4.78, 5) is 43.2. The maximum atomic E-state index is 14.6. The van der Waals surface area contributed by atoms with Crippen molar-refractivity contribution in [2.75, 3.05) is 25.6 Å². The lowest BCUT2D eigenvalue weighted by atomic mass is 9.91. The van der Waals surface area contributed by atoms with Crippen LogP contribution in [-0.4, -0.2) is 70.3 Å². The van der Waals surface area contributed by atoms with Crippen molar-refractivity contribution in [2.24, 2.45) is 0 Å². The van der Waals surface area contributed by atoms with Crippen molar-refractivity contribution in [2.45, 2.75) is 31.0 Å². The number of carbonyl (C=O) groups excluding carboxylic acids is 3. The number of anilines is 1. The predicted octanol–water partition coefficient (Wildman–Crippen LogP) is 3.91. The number of nitrogens with one attached hydrogen (secondary N) is 1. The smallest absolute Gasteiger partial charge is 0.328 e. The van der Waals surface area contributed by atoms with Crippen molar-refractivity contribution < 1.29 is 33.7 Å². The minimum absolute atomic E-state index is 0.0541. The second-order valence-electron chi connectivity index (χ2n) is 9.48. The maximum Gasteiger partial charge on any atom is 0.328 e. The van der Waals surface area contributed by atoms with Crippen LogP contribution >= 0.6 is 22.6 Å². The number of aliphatic hydroxyl groups is 2. The van der Waals surface area contributed by atoms with Gasteiger partial charge in [-0.2, -0.15) is 0 Å². The SMILES string of the molecule is CC(c1ccccc1)C(C(=O)Nc1ccc(I)cc1F)N1C(=O)C(c2ccc(OCC(O)CO)cc2)N(C)C1=O. The van der Waals surface area contributed by atoms with Gasteiger partial charge in [0.2, 0.25) is 5.91 Å². The number of hydrogen-bond donors (Lipinski definition) is 3. The summed E-state index contributed by atoms with van der Waals surface area (Å²) in [6.07, 6.45) is -1.03. The minimum Gasteiger partial charge on any atom is -0.491 e. The lowest BCUT2D eigenvalue weighted by Crippen LogP contribution is -2.50. The molecular weight excluding hydrogens is 632 g/mol. The number of imide groups is 1. The van der Waals surface area contributed by atoms with Crippen LogP contribution in [0.2, 0.25) is 0 Å². The molecule has 3 aromatic rings. The molecule has 3 N–H and O–H groups in total. The molecule has 4 amide bonds. The van der Waals surface area contributed by atoms with Crippen LogP contribution in [0, 0.1) is 9.39 Å². The Morgan fingerprint density at radius 2 is 1.77 bits per heavy atom. The Morgan fingerprint density at radius 3 is 2.40 bits per heavy atom. The van der Waals surface area contributed by atoms with Crippen LogP contribution in [-0.2, 0) is 9.59 Å². The molecule has 0 bridgehead atoms. The Bertz CT molecular complexity index is 1370. The normalized spacial score (nSPS) is 17.5. The average Bonchev–Trinajstić information content (AvgIpc) is 3.17. The van der Waals surface area contributed by atoms with E-state index in [2.05, 4.69) is 5.32 Å². The fourth-order valence-electron chi connectivity index (χ4n) is 4.59. The molecule has 1 aliphatic rings. The standard InChI is InChI=1S/C29H29FIN3O6/c1-17(18-6-4-3-5-7-18)25(27(37)32-24-13-10-20(31)14-23(24)30)34-28(38)26(33(2)29(34)39)19-8-11-22(12-9-19)40-16-21(36)15-35/h3-14,17,21,25-26,35-36H,15-16H2,1-2H3,(H,32,37). The van der Waals surface area contributed by atoms with E-state index < -0.39 is 54.4 Å². The number of urea groups is 1. The fourth-order valence-corrected chi connectivity index (χ4v) is 5.04. The van der Waals surface area contributed by atoms with E-state index in [1.54, 1.807) is 61.5 Å². The average molecular weight is 661 g/mol. The molecule has 0 radical (unpaired) electrons. The second kappa shape index (κ2) is 12.7. The Balaban J connectivity index is 1.65. The maximum absolute atomic E-state index is 14.6. The number of hydrogen-bond acceptors (Lipinski definition) is 6. The lowest BCUT2D eigenvalue weighted by molar-refractivity contribution is -0.135. The number of nitrogens with zero attached hydrogens (tertiary/aromatic N) is 2. The summed E-state index contributed by atoms with van der Waals surface area (Å²) in [5.41, 5.74) is 1.17. The first-order valence-corrected chi connectivity index (χ1v) is 13.6. The van der Waals surface area contributed by atoms with E-state index in [0.717, 1.165) is 10.5 Å².